The van der Waals surface area contributed by atoms with Gasteiger partial charge in [-0.2, -0.15) is 11.3 Å². The molecule has 100 valence electrons. The number of benzene rings is 2. The molecule has 0 radical (unpaired) electrons. The molecule has 0 aliphatic carbocycles. The fourth-order valence-electron chi connectivity index (χ4n) is 2.85. The van der Waals surface area contributed by atoms with E-state index in [0.29, 0.717) is 0 Å². The molecule has 3 aromatic rings. The van der Waals surface area contributed by atoms with Gasteiger partial charge < -0.3 is 4.81 Å². The normalized spacial score (nSPS) is 13.3. The predicted molar refractivity (Wildman–Crippen MR) is 93.8 cm³/mol. The number of anilines is 2. The first-order chi connectivity index (χ1) is 10.4. The van der Waals surface area contributed by atoms with Crippen molar-refractivity contribution in [2.75, 3.05) is 4.81 Å². The van der Waals surface area contributed by atoms with Crippen LogP contribution in [0.5, 0.6) is 0 Å². The second-order valence-corrected chi connectivity index (χ2v) is 6.06. The van der Waals surface area contributed by atoms with Crippen molar-refractivity contribution in [3.05, 3.63) is 83.6 Å². The minimum atomic E-state index is 0.266. The summed E-state index contributed by atoms with van der Waals surface area (Å²) in [4.78, 5) is 2.42. The van der Waals surface area contributed by atoms with Crippen LogP contribution in [-0.4, -0.2) is 6.85 Å². The topological polar surface area (TPSA) is 3.24 Å². The standard InChI is InChI=1S/C18H14BNS/c1-2-8-16(9-3-1)20-17-10-5-4-7-15(17)12-13-19(20)18-11-6-14-21-18/h1-14H. The van der Waals surface area contributed by atoms with Gasteiger partial charge in [0.1, 0.15) is 0 Å². The highest BCUT2D eigenvalue weighted by atomic mass is 32.1. The van der Waals surface area contributed by atoms with Gasteiger partial charge in [-0.05, 0) is 29.1 Å². The smallest absolute Gasteiger partial charge is 0.331 e. The zero-order valence-corrected chi connectivity index (χ0v) is 12.3. The molecule has 1 aliphatic heterocycles. The van der Waals surface area contributed by atoms with E-state index in [-0.39, 0.29) is 6.85 Å². The van der Waals surface area contributed by atoms with E-state index in [4.69, 9.17) is 0 Å². The molecule has 2 aromatic carbocycles. The summed E-state index contributed by atoms with van der Waals surface area (Å²) in [6.07, 6.45) is 2.24. The van der Waals surface area contributed by atoms with E-state index in [1.54, 1.807) is 0 Å². The van der Waals surface area contributed by atoms with Gasteiger partial charge in [0.15, 0.2) is 0 Å². The highest BCUT2D eigenvalue weighted by Crippen LogP contribution is 2.34. The fraction of sp³-hybridized carbons (Fsp3) is 0. The number of hydrogen-bond acceptors (Lipinski definition) is 2. The lowest BCUT2D eigenvalue weighted by atomic mass is 9.56. The molecule has 0 saturated heterocycles. The molecule has 0 unspecified atom stereocenters. The molecule has 1 aromatic heterocycles. The summed E-state index contributed by atoms with van der Waals surface area (Å²) in [5.74, 6) is 2.29. The number of fused-ring (bicyclic) bond motifs is 1. The Balaban J connectivity index is 1.89. The van der Waals surface area contributed by atoms with Gasteiger partial charge in [0, 0.05) is 16.2 Å². The molecule has 3 heteroatoms. The van der Waals surface area contributed by atoms with Crippen molar-refractivity contribution in [1.29, 1.82) is 0 Å². The molecule has 0 bridgehead atoms. The SMILES string of the molecule is C1=Cc2ccccc2N(c2ccccc2)B1c1cccs1. The van der Waals surface area contributed by atoms with Crippen LogP contribution in [0.15, 0.2) is 78.1 Å². The van der Waals surface area contributed by atoms with Gasteiger partial charge in [-0.25, -0.2) is 0 Å². The first-order valence-electron chi connectivity index (χ1n) is 7.08. The van der Waals surface area contributed by atoms with E-state index in [9.17, 15) is 0 Å². The summed E-state index contributed by atoms with van der Waals surface area (Å²) < 4.78 is 1.37. The molecular weight excluding hydrogens is 273 g/mol. The Morgan fingerprint density at radius 2 is 1.62 bits per heavy atom. The molecule has 0 spiro atoms. The lowest BCUT2D eigenvalue weighted by Crippen LogP contribution is -2.44. The second kappa shape index (κ2) is 5.26. The Kier molecular flexibility index (Phi) is 3.13. The van der Waals surface area contributed by atoms with Crippen LogP contribution < -0.4 is 9.59 Å². The summed E-state index contributed by atoms with van der Waals surface area (Å²) in [6, 6.07) is 23.5. The molecular formula is C18H14BNS. The zero-order chi connectivity index (χ0) is 14.1. The Labute approximate surface area is 129 Å². The summed E-state index contributed by atoms with van der Waals surface area (Å²) in [5.41, 5.74) is 3.77. The molecule has 21 heavy (non-hydrogen) atoms. The van der Waals surface area contributed by atoms with Gasteiger partial charge in [-0.15, -0.1) is 0 Å². The average molecular weight is 287 g/mol. The van der Waals surface area contributed by atoms with Crippen molar-refractivity contribution in [2.24, 2.45) is 0 Å². The molecule has 1 aliphatic rings. The Morgan fingerprint density at radius 1 is 0.810 bits per heavy atom. The van der Waals surface area contributed by atoms with Crippen LogP contribution in [0.3, 0.4) is 0 Å². The van der Waals surface area contributed by atoms with E-state index in [1.165, 1.54) is 21.7 Å². The number of thiophene rings is 1. The molecule has 1 nitrogen and oxygen atoms in total. The third kappa shape index (κ3) is 2.20. The van der Waals surface area contributed by atoms with Crippen LogP contribution in [0, 0.1) is 0 Å². The average Bonchev–Trinajstić information content (AvgIpc) is 3.09. The van der Waals surface area contributed by atoms with Gasteiger partial charge in [-0.1, -0.05) is 60.6 Å². The van der Waals surface area contributed by atoms with Gasteiger partial charge in [0.05, 0.1) is 0 Å². The summed E-state index contributed by atoms with van der Waals surface area (Å²) >= 11 is 1.81. The van der Waals surface area contributed by atoms with E-state index in [0.717, 1.165) is 0 Å². The second-order valence-electron chi connectivity index (χ2n) is 5.08. The maximum absolute atomic E-state index is 2.42. The van der Waals surface area contributed by atoms with E-state index >= 15 is 0 Å². The maximum Gasteiger partial charge on any atom is 0.331 e. The van der Waals surface area contributed by atoms with Gasteiger partial charge in [-0.3, -0.25) is 0 Å². The lowest BCUT2D eigenvalue weighted by molar-refractivity contribution is 1.37. The van der Waals surface area contributed by atoms with Crippen LogP contribution in [0.2, 0.25) is 0 Å². The third-order valence-electron chi connectivity index (χ3n) is 3.80. The first kappa shape index (κ1) is 12.5. The molecule has 0 N–H and O–H groups in total. The van der Waals surface area contributed by atoms with Gasteiger partial charge in [0.25, 0.3) is 0 Å². The van der Waals surface area contributed by atoms with Crippen LogP contribution in [0.4, 0.5) is 11.4 Å². The zero-order valence-electron chi connectivity index (χ0n) is 11.5. The van der Waals surface area contributed by atoms with Crippen molar-refractivity contribution in [3.63, 3.8) is 0 Å². The first-order valence-corrected chi connectivity index (χ1v) is 7.96. The van der Waals surface area contributed by atoms with Crippen molar-refractivity contribution >= 4 is 40.4 Å². The number of rotatable bonds is 2. The van der Waals surface area contributed by atoms with Gasteiger partial charge >= 0.3 is 6.85 Å². The Hall–Kier alpha value is -2.26. The molecule has 0 amide bonds. The van der Waals surface area contributed by atoms with E-state index in [1.807, 2.05) is 11.3 Å². The highest BCUT2D eigenvalue weighted by Gasteiger charge is 2.29. The largest absolute Gasteiger partial charge is 0.376 e. The predicted octanol–water partition coefficient (Wildman–Crippen LogP) is 4.35. The summed E-state index contributed by atoms with van der Waals surface area (Å²) in [6.45, 7) is 0.266. The molecule has 0 fully saturated rings. The monoisotopic (exact) mass is 287 g/mol. The minimum Gasteiger partial charge on any atom is -0.376 e. The number of hydrogen-bond donors (Lipinski definition) is 0. The quantitative estimate of drug-likeness (QED) is 0.633. The van der Waals surface area contributed by atoms with Crippen LogP contribution >= 0.6 is 11.3 Å². The summed E-state index contributed by atoms with van der Waals surface area (Å²) in [5, 5.41) is 2.15. The van der Waals surface area contributed by atoms with Crippen molar-refractivity contribution in [3.8, 4) is 0 Å². The Bertz CT molecular complexity index is 765. The third-order valence-corrected chi connectivity index (χ3v) is 4.74. The molecule has 0 atom stereocenters. The van der Waals surface area contributed by atoms with Crippen LogP contribution in [0.1, 0.15) is 5.56 Å². The van der Waals surface area contributed by atoms with Crippen LogP contribution in [0.25, 0.3) is 6.08 Å². The van der Waals surface area contributed by atoms with Crippen molar-refractivity contribution < 1.29 is 0 Å². The Morgan fingerprint density at radius 3 is 2.43 bits per heavy atom. The highest BCUT2D eigenvalue weighted by molar-refractivity contribution is 7.23. The molecule has 2 heterocycles. The number of para-hydroxylation sites is 2. The van der Waals surface area contributed by atoms with E-state index in [2.05, 4.69) is 89.0 Å². The number of nitrogens with zero attached hydrogens (tertiary/aromatic N) is 1. The summed E-state index contributed by atoms with van der Waals surface area (Å²) in [7, 11) is 0. The van der Waals surface area contributed by atoms with Gasteiger partial charge in [0.2, 0.25) is 0 Å². The maximum atomic E-state index is 2.42. The van der Waals surface area contributed by atoms with Crippen molar-refractivity contribution in [2.45, 2.75) is 0 Å². The van der Waals surface area contributed by atoms with Crippen molar-refractivity contribution in [1.82, 2.24) is 0 Å². The molecule has 0 saturated carbocycles. The van der Waals surface area contributed by atoms with Crippen LogP contribution in [-0.2, 0) is 0 Å². The minimum absolute atomic E-state index is 0.266. The molecule has 4 rings (SSSR count). The van der Waals surface area contributed by atoms with E-state index < -0.39 is 0 Å². The lowest BCUT2D eigenvalue weighted by Gasteiger charge is -2.33. The fourth-order valence-corrected chi connectivity index (χ4v) is 3.64.